The van der Waals surface area contributed by atoms with Crippen LogP contribution in [0, 0.1) is 24.7 Å². The molecule has 1 saturated carbocycles. The zero-order chi connectivity index (χ0) is 16.6. The number of carbonyl (C=O) groups excluding carboxylic acids is 2. The summed E-state index contributed by atoms with van der Waals surface area (Å²) in [6.45, 7) is 5.83. The summed E-state index contributed by atoms with van der Waals surface area (Å²) in [5.41, 5.74) is 0.660. The van der Waals surface area contributed by atoms with E-state index >= 15 is 0 Å². The lowest BCUT2D eigenvalue weighted by molar-refractivity contribution is -0.126. The molecule has 0 aromatic carbocycles. The molecule has 2 bridgehead atoms. The maximum absolute atomic E-state index is 12.5. The van der Waals surface area contributed by atoms with Gasteiger partial charge in [-0.25, -0.2) is 9.78 Å². The van der Waals surface area contributed by atoms with E-state index < -0.39 is 0 Å². The maximum Gasteiger partial charge on any atom is 0.350 e. The molecule has 23 heavy (non-hydrogen) atoms. The molecule has 0 saturated heterocycles. The molecule has 1 fully saturated rings. The molecule has 0 aliphatic heterocycles. The molecule has 1 amide bonds. The summed E-state index contributed by atoms with van der Waals surface area (Å²) in [5, 5.41) is 3.81. The monoisotopic (exact) mass is 334 g/mol. The molecule has 0 spiro atoms. The molecule has 1 heterocycles. The third-order valence-electron chi connectivity index (χ3n) is 4.62. The fourth-order valence-corrected chi connectivity index (χ4v) is 4.42. The summed E-state index contributed by atoms with van der Waals surface area (Å²) < 4.78 is 5.03. The minimum atomic E-state index is -0.342. The van der Waals surface area contributed by atoms with Gasteiger partial charge in [-0.2, -0.15) is 0 Å². The van der Waals surface area contributed by atoms with E-state index in [1.165, 1.54) is 11.3 Å². The topological polar surface area (TPSA) is 68.3 Å². The SMILES string of the molecule is CCOC(=O)c1sc([C@H](C)NC(=O)[C@@H]2C[C@H]3C=C[C@H]2C3)nc1C. The van der Waals surface area contributed by atoms with Crippen molar-refractivity contribution in [2.24, 2.45) is 17.8 Å². The Labute approximate surface area is 140 Å². The average Bonchev–Trinajstić information content (AvgIpc) is 3.21. The molecule has 6 heteroatoms. The van der Waals surface area contributed by atoms with E-state index in [1.54, 1.807) is 13.8 Å². The number of allylic oxidation sites excluding steroid dienone is 2. The van der Waals surface area contributed by atoms with E-state index in [0.717, 1.165) is 17.8 Å². The smallest absolute Gasteiger partial charge is 0.350 e. The number of hydrogen-bond acceptors (Lipinski definition) is 5. The summed E-state index contributed by atoms with van der Waals surface area (Å²) in [7, 11) is 0. The summed E-state index contributed by atoms with van der Waals surface area (Å²) in [4.78, 5) is 29.3. The second-order valence-corrected chi connectivity index (χ2v) is 7.33. The predicted molar refractivity (Wildman–Crippen MR) is 88.2 cm³/mol. The number of thiazole rings is 1. The molecule has 1 N–H and O–H groups in total. The van der Waals surface area contributed by atoms with Crippen LogP contribution in [-0.2, 0) is 9.53 Å². The second kappa shape index (κ2) is 6.43. The Balaban J connectivity index is 1.65. The molecular weight excluding hydrogens is 312 g/mol. The Morgan fingerprint density at radius 2 is 2.22 bits per heavy atom. The van der Waals surface area contributed by atoms with E-state index in [9.17, 15) is 9.59 Å². The fraction of sp³-hybridized carbons (Fsp3) is 0.588. The van der Waals surface area contributed by atoms with Crippen LogP contribution in [-0.4, -0.2) is 23.5 Å². The highest BCUT2D eigenvalue weighted by atomic mass is 32.1. The molecule has 0 unspecified atom stereocenters. The summed E-state index contributed by atoms with van der Waals surface area (Å²) >= 11 is 1.30. The number of hydrogen-bond donors (Lipinski definition) is 1. The predicted octanol–water partition coefficient (Wildman–Crippen LogP) is 3.02. The number of aryl methyl sites for hydroxylation is 1. The minimum absolute atomic E-state index is 0.0815. The zero-order valence-electron chi connectivity index (χ0n) is 13.7. The number of fused-ring (bicyclic) bond motifs is 2. The zero-order valence-corrected chi connectivity index (χ0v) is 14.5. The van der Waals surface area contributed by atoms with Crippen molar-refractivity contribution in [1.82, 2.24) is 10.3 Å². The van der Waals surface area contributed by atoms with Gasteiger partial charge in [0.1, 0.15) is 9.88 Å². The van der Waals surface area contributed by atoms with Crippen LogP contribution >= 0.6 is 11.3 Å². The van der Waals surface area contributed by atoms with Crippen LogP contribution in [0.25, 0.3) is 0 Å². The Bertz CT molecular complexity index is 652. The highest BCUT2D eigenvalue weighted by Crippen LogP contribution is 2.43. The van der Waals surface area contributed by atoms with Gasteiger partial charge in [0.25, 0.3) is 0 Å². The van der Waals surface area contributed by atoms with Crippen LogP contribution in [0.15, 0.2) is 12.2 Å². The highest BCUT2D eigenvalue weighted by Gasteiger charge is 2.40. The number of nitrogens with zero attached hydrogens (tertiary/aromatic N) is 1. The van der Waals surface area contributed by atoms with Crippen LogP contribution in [0.4, 0.5) is 0 Å². The lowest BCUT2D eigenvalue weighted by atomic mass is 9.92. The first-order valence-corrected chi connectivity index (χ1v) is 8.94. The van der Waals surface area contributed by atoms with Gasteiger partial charge >= 0.3 is 5.97 Å². The second-order valence-electron chi connectivity index (χ2n) is 6.30. The maximum atomic E-state index is 12.5. The molecule has 2 aliphatic carbocycles. The number of amides is 1. The summed E-state index contributed by atoms with van der Waals surface area (Å²) in [5.74, 6) is 0.798. The van der Waals surface area contributed by atoms with Gasteiger partial charge in [0.05, 0.1) is 18.3 Å². The Kier molecular flexibility index (Phi) is 4.53. The number of rotatable bonds is 5. The molecular formula is C17H22N2O3S. The first-order chi connectivity index (χ1) is 11.0. The molecule has 1 aromatic rings. The lowest BCUT2D eigenvalue weighted by Crippen LogP contribution is -2.34. The Morgan fingerprint density at radius 3 is 2.83 bits per heavy atom. The Hall–Kier alpha value is -1.69. The van der Waals surface area contributed by atoms with Crippen molar-refractivity contribution in [1.29, 1.82) is 0 Å². The number of carbonyl (C=O) groups is 2. The van der Waals surface area contributed by atoms with Crippen molar-refractivity contribution < 1.29 is 14.3 Å². The molecule has 5 nitrogen and oxygen atoms in total. The van der Waals surface area contributed by atoms with Crippen molar-refractivity contribution in [3.8, 4) is 0 Å². The third kappa shape index (κ3) is 3.17. The van der Waals surface area contributed by atoms with Crippen LogP contribution in [0.3, 0.4) is 0 Å². The Morgan fingerprint density at radius 1 is 1.43 bits per heavy atom. The highest BCUT2D eigenvalue weighted by molar-refractivity contribution is 7.13. The largest absolute Gasteiger partial charge is 0.462 e. The van der Waals surface area contributed by atoms with Crippen LogP contribution < -0.4 is 5.32 Å². The number of esters is 1. The van der Waals surface area contributed by atoms with Gasteiger partial charge in [-0.1, -0.05) is 12.2 Å². The van der Waals surface area contributed by atoms with Crippen LogP contribution in [0.1, 0.15) is 53.1 Å². The van der Waals surface area contributed by atoms with Crippen LogP contribution in [0.5, 0.6) is 0 Å². The average molecular weight is 334 g/mol. The van der Waals surface area contributed by atoms with Crippen molar-refractivity contribution >= 4 is 23.2 Å². The summed E-state index contributed by atoms with van der Waals surface area (Å²) in [6.07, 6.45) is 6.46. The van der Waals surface area contributed by atoms with Gasteiger partial charge in [-0.05, 0) is 45.4 Å². The normalized spacial score (nSPS) is 26.3. The molecule has 124 valence electrons. The van der Waals surface area contributed by atoms with Crippen LogP contribution in [0.2, 0.25) is 0 Å². The third-order valence-corrected chi connectivity index (χ3v) is 5.94. The molecule has 3 rings (SSSR count). The first kappa shape index (κ1) is 16.2. The van der Waals surface area contributed by atoms with Gasteiger partial charge in [-0.3, -0.25) is 4.79 Å². The standard InChI is InChI=1S/C17H22N2O3S/c1-4-22-17(21)14-9(2)19-16(23-14)10(3)18-15(20)13-8-11-5-6-12(13)7-11/h5-6,10-13H,4,7-8H2,1-3H3,(H,18,20)/t10-,11-,12-,13+/m0/s1. The van der Waals surface area contributed by atoms with E-state index in [2.05, 4.69) is 22.5 Å². The van der Waals surface area contributed by atoms with E-state index in [-0.39, 0.29) is 23.8 Å². The number of ether oxygens (including phenoxy) is 1. The van der Waals surface area contributed by atoms with Gasteiger partial charge in [-0.15, -0.1) is 11.3 Å². The van der Waals surface area contributed by atoms with Gasteiger partial charge in [0.2, 0.25) is 5.91 Å². The lowest BCUT2D eigenvalue weighted by Gasteiger charge is -2.20. The summed E-state index contributed by atoms with van der Waals surface area (Å²) in [6, 6.07) is -0.197. The van der Waals surface area contributed by atoms with E-state index in [4.69, 9.17) is 4.74 Å². The molecule has 0 radical (unpaired) electrons. The number of aromatic nitrogens is 1. The minimum Gasteiger partial charge on any atom is -0.462 e. The van der Waals surface area contributed by atoms with E-state index in [1.807, 2.05) is 6.92 Å². The molecule has 1 aromatic heterocycles. The van der Waals surface area contributed by atoms with E-state index in [0.29, 0.717) is 29.0 Å². The van der Waals surface area contributed by atoms with Crippen molar-refractivity contribution in [2.75, 3.05) is 6.61 Å². The quantitative estimate of drug-likeness (QED) is 0.664. The van der Waals surface area contributed by atoms with Gasteiger partial charge < -0.3 is 10.1 Å². The van der Waals surface area contributed by atoms with Crippen molar-refractivity contribution in [3.63, 3.8) is 0 Å². The fourth-order valence-electron chi connectivity index (χ4n) is 3.45. The number of nitrogens with one attached hydrogen (secondary N) is 1. The van der Waals surface area contributed by atoms with Gasteiger partial charge in [0, 0.05) is 5.92 Å². The van der Waals surface area contributed by atoms with Crippen molar-refractivity contribution in [3.05, 3.63) is 27.7 Å². The first-order valence-electron chi connectivity index (χ1n) is 8.12. The molecule has 4 atom stereocenters. The van der Waals surface area contributed by atoms with Crippen molar-refractivity contribution in [2.45, 2.75) is 39.7 Å². The van der Waals surface area contributed by atoms with Gasteiger partial charge in [0.15, 0.2) is 0 Å². The molecule has 2 aliphatic rings.